The van der Waals surface area contributed by atoms with Crippen molar-refractivity contribution in [1.82, 2.24) is 5.32 Å². The highest BCUT2D eigenvalue weighted by Crippen LogP contribution is 2.28. The van der Waals surface area contributed by atoms with Crippen molar-refractivity contribution in [3.8, 4) is 0 Å². The van der Waals surface area contributed by atoms with E-state index in [1.165, 1.54) is 24.3 Å². The maximum atomic E-state index is 13.2. The number of benzene rings is 2. The molecule has 0 spiro atoms. The van der Waals surface area contributed by atoms with Gasteiger partial charge in [0.25, 0.3) is 0 Å². The molecule has 0 heterocycles. The van der Waals surface area contributed by atoms with E-state index in [4.69, 9.17) is 0 Å². The maximum absolute atomic E-state index is 13.2. The Labute approximate surface area is 119 Å². The lowest BCUT2D eigenvalue weighted by atomic mass is 9.89. The molecule has 0 aliphatic carbocycles. The summed E-state index contributed by atoms with van der Waals surface area (Å²) in [5.74, 6) is -0.462. The molecule has 0 saturated carbocycles. The first kappa shape index (κ1) is 16.3. The molecule has 1 N–H and O–H groups in total. The Bertz CT molecular complexity index is 480. The summed E-state index contributed by atoms with van der Waals surface area (Å²) in [6.45, 7) is 2.01. The highest BCUT2D eigenvalue weighted by molar-refractivity contribution is 5.32. The van der Waals surface area contributed by atoms with Gasteiger partial charge in [-0.1, -0.05) is 31.2 Å². The van der Waals surface area contributed by atoms with Crippen molar-refractivity contribution in [2.75, 3.05) is 14.1 Å². The summed E-state index contributed by atoms with van der Waals surface area (Å²) >= 11 is 0. The number of hydrogen-bond acceptors (Lipinski definition) is 1. The highest BCUT2D eigenvalue weighted by Gasteiger charge is 2.13. The lowest BCUT2D eigenvalue weighted by molar-refractivity contribution is 0.617. The van der Waals surface area contributed by atoms with Crippen LogP contribution < -0.4 is 5.32 Å². The van der Waals surface area contributed by atoms with Gasteiger partial charge >= 0.3 is 0 Å². The molecule has 0 radical (unpaired) electrons. The topological polar surface area (TPSA) is 12.0 Å². The minimum Gasteiger partial charge on any atom is -0.323 e. The molecular formula is C17H21F2N. The third kappa shape index (κ3) is 4.74. The predicted molar refractivity (Wildman–Crippen MR) is 79.9 cm³/mol. The van der Waals surface area contributed by atoms with Crippen LogP contribution in [0.4, 0.5) is 8.78 Å². The SMILES string of the molecule is CCC(c1cccc(F)c1)c1cccc(F)c1.CNC. The quantitative estimate of drug-likeness (QED) is 0.880. The molecule has 2 aromatic carbocycles. The van der Waals surface area contributed by atoms with Gasteiger partial charge in [-0.05, 0) is 55.9 Å². The minimum atomic E-state index is -0.252. The fourth-order valence-corrected chi connectivity index (χ4v) is 2.11. The molecule has 2 rings (SSSR count). The highest BCUT2D eigenvalue weighted by atomic mass is 19.1. The van der Waals surface area contributed by atoms with Crippen molar-refractivity contribution >= 4 is 0 Å². The molecule has 3 heteroatoms. The summed E-state index contributed by atoms with van der Waals surface area (Å²) in [5.41, 5.74) is 1.77. The largest absolute Gasteiger partial charge is 0.323 e. The number of halogens is 2. The molecule has 0 bridgehead atoms. The van der Waals surface area contributed by atoms with E-state index in [0.29, 0.717) is 0 Å². The van der Waals surface area contributed by atoms with Crippen LogP contribution in [0, 0.1) is 11.6 Å². The molecule has 20 heavy (non-hydrogen) atoms. The second kappa shape index (κ2) is 8.43. The van der Waals surface area contributed by atoms with Crippen molar-refractivity contribution in [1.29, 1.82) is 0 Å². The molecule has 0 atom stereocenters. The van der Waals surface area contributed by atoms with Crippen molar-refractivity contribution < 1.29 is 8.78 Å². The Balaban J connectivity index is 0.000000612. The van der Waals surface area contributed by atoms with Crippen LogP contribution in [-0.4, -0.2) is 14.1 Å². The van der Waals surface area contributed by atoms with Gasteiger partial charge < -0.3 is 5.32 Å². The third-order valence-corrected chi connectivity index (χ3v) is 2.91. The first-order valence-electron chi connectivity index (χ1n) is 6.71. The predicted octanol–water partition coefficient (Wildman–Crippen LogP) is 4.34. The van der Waals surface area contributed by atoms with Gasteiger partial charge in [0.2, 0.25) is 0 Å². The van der Waals surface area contributed by atoms with Gasteiger partial charge in [0, 0.05) is 5.92 Å². The second-order valence-corrected chi connectivity index (χ2v) is 4.57. The molecule has 0 saturated heterocycles. The van der Waals surface area contributed by atoms with Crippen LogP contribution in [0.5, 0.6) is 0 Å². The zero-order valence-corrected chi connectivity index (χ0v) is 12.2. The van der Waals surface area contributed by atoms with E-state index in [2.05, 4.69) is 5.32 Å². The summed E-state index contributed by atoms with van der Waals surface area (Å²) in [6.07, 6.45) is 0.812. The number of nitrogens with one attached hydrogen (secondary N) is 1. The van der Waals surface area contributed by atoms with Crippen LogP contribution in [0.2, 0.25) is 0 Å². The normalized spacial score (nSPS) is 10.1. The molecule has 0 aromatic heterocycles. The van der Waals surface area contributed by atoms with E-state index < -0.39 is 0 Å². The molecule has 1 nitrogen and oxygen atoms in total. The maximum Gasteiger partial charge on any atom is 0.123 e. The molecule has 0 unspecified atom stereocenters. The van der Waals surface area contributed by atoms with Crippen LogP contribution in [0.3, 0.4) is 0 Å². The molecule has 0 fully saturated rings. The van der Waals surface area contributed by atoms with E-state index >= 15 is 0 Å². The standard InChI is InChI=1S/C15H14F2.C2H7N/c1-2-15(11-5-3-7-13(16)9-11)12-6-4-8-14(17)10-12;1-3-2/h3-10,15H,2H2,1H3;3H,1-2H3. The summed E-state index contributed by atoms with van der Waals surface area (Å²) < 4.78 is 26.4. The minimum absolute atomic E-state index is 0.0430. The van der Waals surface area contributed by atoms with E-state index in [1.807, 2.05) is 33.2 Å². The summed E-state index contributed by atoms with van der Waals surface area (Å²) in [6, 6.07) is 13.0. The first-order chi connectivity index (χ1) is 9.62. The van der Waals surface area contributed by atoms with E-state index in [0.717, 1.165) is 17.5 Å². The smallest absolute Gasteiger partial charge is 0.123 e. The lowest BCUT2D eigenvalue weighted by Crippen LogP contribution is -2.00. The second-order valence-electron chi connectivity index (χ2n) is 4.57. The molecule has 2 aromatic rings. The van der Waals surface area contributed by atoms with Crippen molar-refractivity contribution in [2.24, 2.45) is 0 Å². The Morgan fingerprint density at radius 2 is 1.30 bits per heavy atom. The van der Waals surface area contributed by atoms with Crippen LogP contribution >= 0.6 is 0 Å². The van der Waals surface area contributed by atoms with Gasteiger partial charge in [-0.25, -0.2) is 8.78 Å². The fraction of sp³-hybridized carbons (Fsp3) is 0.294. The Kier molecular flexibility index (Phi) is 6.88. The lowest BCUT2D eigenvalue weighted by Gasteiger charge is -2.16. The van der Waals surface area contributed by atoms with Crippen LogP contribution in [0.15, 0.2) is 48.5 Å². The molecular weight excluding hydrogens is 256 g/mol. The zero-order valence-electron chi connectivity index (χ0n) is 12.2. The Morgan fingerprint density at radius 3 is 1.60 bits per heavy atom. The van der Waals surface area contributed by atoms with Crippen LogP contribution in [0.25, 0.3) is 0 Å². The Morgan fingerprint density at radius 1 is 0.900 bits per heavy atom. The van der Waals surface area contributed by atoms with Gasteiger partial charge in [0.05, 0.1) is 0 Å². The van der Waals surface area contributed by atoms with E-state index in [1.54, 1.807) is 12.1 Å². The molecule has 108 valence electrons. The number of hydrogen-bond donors (Lipinski definition) is 1. The van der Waals surface area contributed by atoms with Gasteiger partial charge in [-0.15, -0.1) is 0 Å². The average molecular weight is 277 g/mol. The molecule has 0 aliphatic rings. The van der Waals surface area contributed by atoms with Gasteiger partial charge in [0.15, 0.2) is 0 Å². The summed E-state index contributed by atoms with van der Waals surface area (Å²) in [5, 5.41) is 2.75. The number of rotatable bonds is 3. The molecule has 0 amide bonds. The van der Waals surface area contributed by atoms with Gasteiger partial charge in [-0.3, -0.25) is 0 Å². The van der Waals surface area contributed by atoms with Crippen molar-refractivity contribution in [2.45, 2.75) is 19.3 Å². The third-order valence-electron chi connectivity index (χ3n) is 2.91. The average Bonchev–Trinajstić information content (AvgIpc) is 2.41. The summed E-state index contributed by atoms with van der Waals surface area (Å²) in [4.78, 5) is 0. The van der Waals surface area contributed by atoms with Gasteiger partial charge in [0.1, 0.15) is 11.6 Å². The molecule has 0 aliphatic heterocycles. The van der Waals surface area contributed by atoms with Crippen LogP contribution in [-0.2, 0) is 0 Å². The Hall–Kier alpha value is -1.74. The van der Waals surface area contributed by atoms with Gasteiger partial charge in [-0.2, -0.15) is 0 Å². The van der Waals surface area contributed by atoms with E-state index in [-0.39, 0.29) is 17.6 Å². The van der Waals surface area contributed by atoms with Crippen molar-refractivity contribution in [3.05, 3.63) is 71.3 Å². The summed E-state index contributed by atoms with van der Waals surface area (Å²) in [7, 11) is 3.75. The van der Waals surface area contributed by atoms with Crippen LogP contribution in [0.1, 0.15) is 30.4 Å². The fourth-order valence-electron chi connectivity index (χ4n) is 2.11. The monoisotopic (exact) mass is 277 g/mol. The zero-order chi connectivity index (χ0) is 15.0. The van der Waals surface area contributed by atoms with Crippen molar-refractivity contribution in [3.63, 3.8) is 0 Å². The first-order valence-corrected chi connectivity index (χ1v) is 6.71. The van der Waals surface area contributed by atoms with E-state index in [9.17, 15) is 8.78 Å².